The van der Waals surface area contributed by atoms with Gasteiger partial charge in [0.25, 0.3) is 15.9 Å². The van der Waals surface area contributed by atoms with Gasteiger partial charge in [0, 0.05) is 0 Å². The van der Waals surface area contributed by atoms with Gasteiger partial charge in [-0.15, -0.1) is 0 Å². The maximum Gasteiger partial charge on any atom is 0.259 e. The molecule has 0 spiro atoms. The molecule has 1 amide bonds. The summed E-state index contributed by atoms with van der Waals surface area (Å²) in [5, 5.41) is 0. The molecule has 0 saturated heterocycles. The molecule has 1 aromatic rings. The number of aryl methyl sites for hydroxylation is 1. The molecular weight excluding hydrogens is 358 g/mol. The summed E-state index contributed by atoms with van der Waals surface area (Å²) in [7, 11) is -8.34. The van der Waals surface area contributed by atoms with Crippen LogP contribution in [0.3, 0.4) is 0 Å². The largest absolute Gasteiger partial charge is 0.406 e. The first-order chi connectivity index (χ1) is 10.7. The number of rotatable bonds is 6. The minimum absolute atomic E-state index is 0.143. The van der Waals surface area contributed by atoms with E-state index in [0.29, 0.717) is 0 Å². The lowest BCUT2D eigenvalue weighted by Gasteiger charge is -2.36. The van der Waals surface area contributed by atoms with Crippen LogP contribution in [0.2, 0.25) is 39.3 Å². The number of carbonyl (C=O) groups excluding carboxylic acids is 1. The van der Waals surface area contributed by atoms with Gasteiger partial charge in [-0.2, -0.15) is 0 Å². The highest BCUT2D eigenvalue weighted by Crippen LogP contribution is 2.25. The molecule has 0 aliphatic heterocycles. The van der Waals surface area contributed by atoms with E-state index in [-0.39, 0.29) is 4.90 Å². The molecule has 0 fully saturated rings. The van der Waals surface area contributed by atoms with Crippen LogP contribution >= 0.6 is 0 Å². The molecule has 0 radical (unpaired) electrons. The van der Waals surface area contributed by atoms with E-state index in [0.717, 1.165) is 9.53 Å². The van der Waals surface area contributed by atoms with E-state index in [9.17, 15) is 13.2 Å². The molecular formula is C16H29NO4SSi2. The zero-order chi connectivity index (χ0) is 18.9. The summed E-state index contributed by atoms with van der Waals surface area (Å²) in [5.41, 5.74) is 0.968. The standard InChI is InChI=1S/C16H29NO4SSi2/c1-13-9-11-15(12-10-13)22(19,20)17(23(3,4)5)16(18)14(2)21-24(6,7)8/h9-12,14H,1-8H3. The van der Waals surface area contributed by atoms with Crippen LogP contribution in [0.4, 0.5) is 0 Å². The fourth-order valence-corrected chi connectivity index (χ4v) is 8.65. The van der Waals surface area contributed by atoms with Crippen LogP contribution in [0.15, 0.2) is 29.2 Å². The van der Waals surface area contributed by atoms with E-state index < -0.39 is 38.6 Å². The summed E-state index contributed by atoms with van der Waals surface area (Å²) >= 11 is 0. The second-order valence-electron chi connectivity index (χ2n) is 7.96. The van der Waals surface area contributed by atoms with Gasteiger partial charge in [0.05, 0.1) is 4.90 Å². The van der Waals surface area contributed by atoms with Crippen molar-refractivity contribution in [3.63, 3.8) is 0 Å². The molecule has 1 rings (SSSR count). The first-order valence-corrected chi connectivity index (χ1v) is 16.3. The summed E-state index contributed by atoms with van der Waals surface area (Å²) in [6, 6.07) is 6.58. The van der Waals surface area contributed by atoms with Crippen molar-refractivity contribution in [3.8, 4) is 0 Å². The molecule has 0 saturated carbocycles. The van der Waals surface area contributed by atoms with Crippen molar-refractivity contribution < 1.29 is 17.6 Å². The molecule has 1 unspecified atom stereocenters. The van der Waals surface area contributed by atoms with Crippen LogP contribution in [0.1, 0.15) is 12.5 Å². The van der Waals surface area contributed by atoms with Crippen LogP contribution in [0, 0.1) is 6.92 Å². The van der Waals surface area contributed by atoms with Gasteiger partial charge in [0.1, 0.15) is 6.10 Å². The van der Waals surface area contributed by atoms with Gasteiger partial charge in [0.15, 0.2) is 16.6 Å². The lowest BCUT2D eigenvalue weighted by atomic mass is 10.2. The lowest BCUT2D eigenvalue weighted by molar-refractivity contribution is -0.130. The maximum absolute atomic E-state index is 13.1. The molecule has 8 heteroatoms. The van der Waals surface area contributed by atoms with Crippen molar-refractivity contribution >= 4 is 32.5 Å². The van der Waals surface area contributed by atoms with E-state index in [1.54, 1.807) is 31.2 Å². The molecule has 24 heavy (non-hydrogen) atoms. The molecule has 1 aromatic carbocycles. The fourth-order valence-electron chi connectivity index (χ4n) is 2.37. The Kier molecular flexibility index (Phi) is 6.24. The quantitative estimate of drug-likeness (QED) is 0.700. The molecule has 0 bridgehead atoms. The Hall–Kier alpha value is -0.966. The molecule has 0 aliphatic carbocycles. The first-order valence-electron chi connectivity index (χ1n) is 8.00. The van der Waals surface area contributed by atoms with Gasteiger partial charge < -0.3 is 4.43 Å². The van der Waals surface area contributed by atoms with Gasteiger partial charge in [-0.05, 0) is 45.6 Å². The zero-order valence-electron chi connectivity index (χ0n) is 15.9. The Morgan fingerprint density at radius 2 is 1.50 bits per heavy atom. The van der Waals surface area contributed by atoms with Crippen LogP contribution in [0.25, 0.3) is 0 Å². The molecule has 136 valence electrons. The zero-order valence-corrected chi connectivity index (χ0v) is 18.7. The van der Waals surface area contributed by atoms with Crippen LogP contribution in [-0.2, 0) is 19.2 Å². The van der Waals surface area contributed by atoms with Crippen molar-refractivity contribution in [2.24, 2.45) is 0 Å². The Morgan fingerprint density at radius 1 is 1.04 bits per heavy atom. The number of hydrogen-bond acceptors (Lipinski definition) is 4. The third kappa shape index (κ3) is 5.27. The van der Waals surface area contributed by atoms with Gasteiger partial charge in [-0.25, -0.2) is 8.42 Å². The Morgan fingerprint density at radius 3 is 1.88 bits per heavy atom. The summed E-state index contributed by atoms with van der Waals surface area (Å²) in [6.07, 6.45) is -0.774. The third-order valence-corrected chi connectivity index (χ3v) is 9.64. The molecule has 0 aromatic heterocycles. The van der Waals surface area contributed by atoms with Gasteiger partial charge in [0.2, 0.25) is 0 Å². The number of amides is 1. The Labute approximate surface area is 148 Å². The minimum atomic E-state index is -3.89. The average molecular weight is 388 g/mol. The van der Waals surface area contributed by atoms with Crippen molar-refractivity contribution in [2.45, 2.75) is 64.1 Å². The summed E-state index contributed by atoms with van der Waals surface area (Å²) in [5.74, 6) is -0.475. The highest BCUT2D eigenvalue weighted by atomic mass is 32.2. The van der Waals surface area contributed by atoms with E-state index in [4.69, 9.17) is 4.43 Å². The average Bonchev–Trinajstić information content (AvgIpc) is 2.35. The minimum Gasteiger partial charge on any atom is -0.406 e. The van der Waals surface area contributed by atoms with E-state index in [2.05, 4.69) is 0 Å². The number of hydrogen-bond donors (Lipinski definition) is 0. The van der Waals surface area contributed by atoms with Crippen molar-refractivity contribution in [1.29, 1.82) is 0 Å². The summed E-state index contributed by atoms with van der Waals surface area (Å²) in [4.78, 5) is 13.1. The highest BCUT2D eigenvalue weighted by Gasteiger charge is 2.42. The maximum atomic E-state index is 13.1. The molecule has 1 atom stereocenters. The normalized spacial score (nSPS) is 14.3. The summed E-state index contributed by atoms with van der Waals surface area (Å²) in [6.45, 7) is 15.0. The second kappa shape index (κ2) is 7.11. The monoisotopic (exact) mass is 387 g/mol. The first kappa shape index (κ1) is 21.1. The number of carbonyl (C=O) groups is 1. The fraction of sp³-hybridized carbons (Fsp3) is 0.562. The number of sulfonamides is 1. The van der Waals surface area contributed by atoms with E-state index >= 15 is 0 Å². The van der Waals surface area contributed by atoms with Crippen LogP contribution in [0.5, 0.6) is 0 Å². The smallest absolute Gasteiger partial charge is 0.259 e. The van der Waals surface area contributed by atoms with Gasteiger partial charge in [-0.1, -0.05) is 37.3 Å². The van der Waals surface area contributed by atoms with Crippen LogP contribution < -0.4 is 0 Å². The third-order valence-electron chi connectivity index (χ3n) is 3.25. The van der Waals surface area contributed by atoms with Crippen molar-refractivity contribution in [2.75, 3.05) is 0 Å². The Balaban J connectivity index is 3.32. The topological polar surface area (TPSA) is 63.7 Å². The molecule has 0 heterocycles. The number of nitrogens with zero attached hydrogens (tertiary/aromatic N) is 1. The van der Waals surface area contributed by atoms with Crippen molar-refractivity contribution in [3.05, 3.63) is 29.8 Å². The Bertz CT molecular complexity index is 688. The highest BCUT2D eigenvalue weighted by molar-refractivity contribution is 7.91. The molecule has 5 nitrogen and oxygen atoms in total. The molecule has 0 aliphatic rings. The van der Waals surface area contributed by atoms with Crippen LogP contribution in [-0.4, -0.2) is 41.0 Å². The molecule has 0 N–H and O–H groups in total. The predicted molar refractivity (Wildman–Crippen MR) is 102 cm³/mol. The van der Waals surface area contributed by atoms with E-state index in [1.807, 2.05) is 46.2 Å². The summed E-state index contributed by atoms with van der Waals surface area (Å²) < 4.78 is 33.1. The van der Waals surface area contributed by atoms with Crippen molar-refractivity contribution in [1.82, 2.24) is 3.97 Å². The predicted octanol–water partition coefficient (Wildman–Crippen LogP) is 3.59. The van der Waals surface area contributed by atoms with Gasteiger partial charge in [-0.3, -0.25) is 8.77 Å². The SMILES string of the molecule is Cc1ccc(S(=O)(=O)N(C(=O)C(C)O[Si](C)(C)C)[Si](C)(C)C)cc1. The van der Waals surface area contributed by atoms with E-state index in [1.165, 1.54) is 0 Å². The number of benzene rings is 1. The van der Waals surface area contributed by atoms with Gasteiger partial charge >= 0.3 is 0 Å². The second-order valence-corrected chi connectivity index (χ2v) is 19.3. The lowest BCUT2D eigenvalue weighted by Crippen LogP contribution is -2.56.